The molecule has 0 spiro atoms. The molecule has 15 heavy (non-hydrogen) atoms. The van der Waals surface area contributed by atoms with E-state index in [1.54, 1.807) is 0 Å². The molecule has 1 aromatic rings. The third-order valence-corrected chi connectivity index (χ3v) is 3.63. The van der Waals surface area contributed by atoms with Crippen molar-refractivity contribution in [3.63, 3.8) is 0 Å². The SMILES string of the molecule is Nc1nc2n(n1)C(C1CCCC1)CCN2. The quantitative estimate of drug-likeness (QED) is 0.730. The maximum Gasteiger partial charge on any atom is 0.241 e. The number of fused-ring (bicyclic) bond motifs is 1. The van der Waals surface area contributed by atoms with Crippen molar-refractivity contribution in [3.8, 4) is 0 Å². The van der Waals surface area contributed by atoms with Gasteiger partial charge >= 0.3 is 0 Å². The second kappa shape index (κ2) is 3.40. The minimum atomic E-state index is 0.391. The Morgan fingerprint density at radius 1 is 1.27 bits per heavy atom. The lowest BCUT2D eigenvalue weighted by atomic mass is 9.95. The van der Waals surface area contributed by atoms with E-state index >= 15 is 0 Å². The van der Waals surface area contributed by atoms with Crippen molar-refractivity contribution >= 4 is 11.9 Å². The predicted octanol–water partition coefficient (Wildman–Crippen LogP) is 1.41. The second-order valence-electron chi connectivity index (χ2n) is 4.57. The standard InChI is InChI=1S/C10H17N5/c11-9-13-10-12-6-5-8(15(10)14-9)7-3-1-2-4-7/h7-8H,1-6H2,(H3,11,12,13,14). The lowest BCUT2D eigenvalue weighted by molar-refractivity contribution is 0.290. The molecule has 2 heterocycles. The zero-order valence-corrected chi connectivity index (χ0v) is 8.82. The first-order valence-corrected chi connectivity index (χ1v) is 5.80. The van der Waals surface area contributed by atoms with Gasteiger partial charge in [-0.1, -0.05) is 12.8 Å². The first-order chi connectivity index (χ1) is 7.34. The summed E-state index contributed by atoms with van der Waals surface area (Å²) >= 11 is 0. The molecule has 1 aliphatic heterocycles. The van der Waals surface area contributed by atoms with Gasteiger partial charge in [-0.2, -0.15) is 4.98 Å². The lowest BCUT2D eigenvalue weighted by Crippen LogP contribution is -2.28. The number of hydrogen-bond acceptors (Lipinski definition) is 4. The highest BCUT2D eigenvalue weighted by atomic mass is 15.4. The van der Waals surface area contributed by atoms with Crippen molar-refractivity contribution in [2.45, 2.75) is 38.1 Å². The largest absolute Gasteiger partial charge is 0.366 e. The highest BCUT2D eigenvalue weighted by Crippen LogP contribution is 2.38. The molecule has 1 aromatic heterocycles. The van der Waals surface area contributed by atoms with Crippen LogP contribution in [0.25, 0.3) is 0 Å². The minimum Gasteiger partial charge on any atom is -0.366 e. The Balaban J connectivity index is 1.90. The monoisotopic (exact) mass is 207 g/mol. The smallest absolute Gasteiger partial charge is 0.241 e. The fraction of sp³-hybridized carbons (Fsp3) is 0.800. The number of rotatable bonds is 1. The van der Waals surface area contributed by atoms with Crippen molar-refractivity contribution in [1.29, 1.82) is 0 Å². The van der Waals surface area contributed by atoms with Gasteiger partial charge in [-0.05, 0) is 25.2 Å². The normalized spacial score (nSPS) is 26.3. The molecule has 1 fully saturated rings. The molecule has 1 saturated carbocycles. The summed E-state index contributed by atoms with van der Waals surface area (Å²) in [6.45, 7) is 0.999. The van der Waals surface area contributed by atoms with Gasteiger partial charge in [0.1, 0.15) is 0 Å². The van der Waals surface area contributed by atoms with Crippen LogP contribution in [-0.4, -0.2) is 21.3 Å². The van der Waals surface area contributed by atoms with Crippen molar-refractivity contribution in [1.82, 2.24) is 14.8 Å². The average Bonchev–Trinajstić information content (AvgIpc) is 2.82. The van der Waals surface area contributed by atoms with E-state index in [4.69, 9.17) is 5.73 Å². The van der Waals surface area contributed by atoms with E-state index in [-0.39, 0.29) is 0 Å². The van der Waals surface area contributed by atoms with Gasteiger partial charge < -0.3 is 11.1 Å². The summed E-state index contributed by atoms with van der Waals surface area (Å²) in [5, 5.41) is 7.54. The average molecular weight is 207 g/mol. The molecule has 3 rings (SSSR count). The summed E-state index contributed by atoms with van der Waals surface area (Å²) in [4.78, 5) is 4.19. The van der Waals surface area contributed by atoms with Crippen LogP contribution in [-0.2, 0) is 0 Å². The maximum atomic E-state index is 5.64. The summed E-state index contributed by atoms with van der Waals surface area (Å²) in [5.74, 6) is 2.03. The van der Waals surface area contributed by atoms with Gasteiger partial charge in [0.05, 0.1) is 6.04 Å². The van der Waals surface area contributed by atoms with Crippen LogP contribution in [0, 0.1) is 5.92 Å². The van der Waals surface area contributed by atoms with E-state index < -0.39 is 0 Å². The number of nitrogens with zero attached hydrogens (tertiary/aromatic N) is 3. The van der Waals surface area contributed by atoms with Gasteiger partial charge in [0.15, 0.2) is 0 Å². The van der Waals surface area contributed by atoms with E-state index in [9.17, 15) is 0 Å². The van der Waals surface area contributed by atoms with E-state index in [0.29, 0.717) is 12.0 Å². The van der Waals surface area contributed by atoms with E-state index in [1.807, 2.05) is 4.68 Å². The second-order valence-corrected chi connectivity index (χ2v) is 4.57. The molecule has 0 bridgehead atoms. The van der Waals surface area contributed by atoms with E-state index in [2.05, 4.69) is 15.4 Å². The molecule has 0 radical (unpaired) electrons. The van der Waals surface area contributed by atoms with Crippen molar-refractivity contribution in [3.05, 3.63) is 0 Å². The Morgan fingerprint density at radius 3 is 2.87 bits per heavy atom. The summed E-state index contributed by atoms with van der Waals surface area (Å²) < 4.78 is 2.01. The van der Waals surface area contributed by atoms with Gasteiger partial charge in [0, 0.05) is 6.54 Å². The van der Waals surface area contributed by atoms with Gasteiger partial charge in [0.2, 0.25) is 11.9 Å². The summed E-state index contributed by atoms with van der Waals surface area (Å²) in [7, 11) is 0. The summed E-state index contributed by atoms with van der Waals surface area (Å²) in [5.41, 5.74) is 5.64. The maximum absolute atomic E-state index is 5.64. The molecular weight excluding hydrogens is 190 g/mol. The molecule has 1 unspecified atom stereocenters. The van der Waals surface area contributed by atoms with Crippen molar-refractivity contribution in [2.75, 3.05) is 17.6 Å². The van der Waals surface area contributed by atoms with E-state index in [1.165, 1.54) is 25.7 Å². The van der Waals surface area contributed by atoms with Gasteiger partial charge in [-0.3, -0.25) is 0 Å². The third-order valence-electron chi connectivity index (χ3n) is 3.63. The zero-order valence-electron chi connectivity index (χ0n) is 8.82. The van der Waals surface area contributed by atoms with E-state index in [0.717, 1.165) is 24.8 Å². The summed E-state index contributed by atoms with van der Waals surface area (Å²) in [6, 6.07) is 0.522. The molecule has 1 atom stereocenters. The van der Waals surface area contributed by atoms with Crippen LogP contribution in [0.15, 0.2) is 0 Å². The van der Waals surface area contributed by atoms with Crippen LogP contribution >= 0.6 is 0 Å². The Hall–Kier alpha value is -1.26. The third kappa shape index (κ3) is 1.46. The Labute approximate surface area is 89.1 Å². The predicted molar refractivity (Wildman–Crippen MR) is 58.5 cm³/mol. The first kappa shape index (κ1) is 9.00. The van der Waals surface area contributed by atoms with Crippen LogP contribution in [0.4, 0.5) is 11.9 Å². The van der Waals surface area contributed by atoms with Gasteiger partial charge in [-0.15, -0.1) is 5.10 Å². The molecule has 1 aliphatic carbocycles. The number of anilines is 2. The molecule has 5 heteroatoms. The number of nitrogen functional groups attached to an aromatic ring is 1. The molecule has 3 N–H and O–H groups in total. The molecule has 0 aromatic carbocycles. The molecule has 2 aliphatic rings. The molecular formula is C10H17N5. The summed E-state index contributed by atoms with van der Waals surface area (Å²) in [6.07, 6.45) is 6.57. The fourth-order valence-corrected chi connectivity index (χ4v) is 2.92. The topological polar surface area (TPSA) is 68.8 Å². The molecule has 82 valence electrons. The highest BCUT2D eigenvalue weighted by Gasteiger charge is 2.31. The number of nitrogens with one attached hydrogen (secondary N) is 1. The van der Waals surface area contributed by atoms with Crippen LogP contribution in [0.2, 0.25) is 0 Å². The minimum absolute atomic E-state index is 0.391. The number of nitrogens with two attached hydrogens (primary N) is 1. The Kier molecular flexibility index (Phi) is 2.04. The number of hydrogen-bond donors (Lipinski definition) is 2. The van der Waals surface area contributed by atoms with Crippen molar-refractivity contribution < 1.29 is 0 Å². The lowest BCUT2D eigenvalue weighted by Gasteiger charge is -2.28. The van der Waals surface area contributed by atoms with Crippen LogP contribution in [0.5, 0.6) is 0 Å². The zero-order chi connectivity index (χ0) is 10.3. The molecule has 5 nitrogen and oxygen atoms in total. The molecule has 0 amide bonds. The van der Waals surface area contributed by atoms with Crippen LogP contribution in [0.3, 0.4) is 0 Å². The Morgan fingerprint density at radius 2 is 2.07 bits per heavy atom. The molecule has 0 saturated heterocycles. The first-order valence-electron chi connectivity index (χ1n) is 5.80. The highest BCUT2D eigenvalue weighted by molar-refractivity contribution is 5.34. The van der Waals surface area contributed by atoms with Crippen molar-refractivity contribution in [2.24, 2.45) is 5.92 Å². The van der Waals surface area contributed by atoms with Gasteiger partial charge in [0.25, 0.3) is 0 Å². The number of aromatic nitrogens is 3. The van der Waals surface area contributed by atoms with Gasteiger partial charge in [-0.25, -0.2) is 4.68 Å². The fourth-order valence-electron chi connectivity index (χ4n) is 2.92. The van der Waals surface area contributed by atoms with Crippen LogP contribution < -0.4 is 11.1 Å². The Bertz CT molecular complexity index is 353. The van der Waals surface area contributed by atoms with Crippen LogP contribution in [0.1, 0.15) is 38.1 Å².